The molecule has 2 saturated carbocycles. The highest BCUT2D eigenvalue weighted by atomic mass is 28.3. The Balaban J connectivity index is -0.000000666. The summed E-state index contributed by atoms with van der Waals surface area (Å²) in [7, 11) is 6.37. The SMILES string of the molecule is C#CCC(C)(C)C.CC(C)(C)CC#C[Si](C)(C)C.CC(C)(C)CC(F)(F)F.CC(C)(C)CC1CCCO1.CC(C)(C)CCCCO.CC(C)=CC1C(CC(C)(C)C)C1(C)C.CC(C)=CC1C(CC(C)(C)C)C1(C)C.CN(C)c1cccc(CC(C)(C)C)c1.COc1ccc(CCC(C)(C)C)cc1OC.Cc1cnn(CCOCCOCCOCCC(C)(C)C)c1C. The van der Waals surface area contributed by atoms with Crippen LogP contribution in [0.25, 0.3) is 0 Å². The Labute approximate surface area is 781 Å². The van der Waals surface area contributed by atoms with Crippen LogP contribution in [0, 0.1) is 126 Å². The summed E-state index contributed by atoms with van der Waals surface area (Å²) in [5.41, 5.74) is 16.8. The number of aliphatic hydroxyl groups is 1. The molecule has 1 aliphatic heterocycles. The molecule has 2 aromatic carbocycles. The maximum Gasteiger partial charge on any atom is 0.389 e. The van der Waals surface area contributed by atoms with Gasteiger partial charge in [0.05, 0.1) is 66.1 Å². The molecular weight excluding hydrogens is 1580 g/mol. The van der Waals surface area contributed by atoms with Crippen molar-refractivity contribution >= 4 is 13.8 Å². The van der Waals surface area contributed by atoms with Crippen LogP contribution in [-0.2, 0) is 38.3 Å². The summed E-state index contributed by atoms with van der Waals surface area (Å²) >= 11 is 0. The van der Waals surface area contributed by atoms with Gasteiger partial charge in [-0.25, -0.2) is 0 Å². The molecule has 5 atom stereocenters. The Kier molecular flexibility index (Phi) is 59.3. The first-order valence-electron chi connectivity index (χ1n) is 47.9. The van der Waals surface area contributed by atoms with Crippen LogP contribution in [0.3, 0.4) is 0 Å². The van der Waals surface area contributed by atoms with Crippen LogP contribution in [0.15, 0.2) is 72.0 Å². The average molecular weight is 1790 g/mol. The lowest BCUT2D eigenvalue weighted by molar-refractivity contribution is -0.152. The second kappa shape index (κ2) is 58.5. The highest BCUT2D eigenvalue weighted by Crippen LogP contribution is 2.64. The molecule has 736 valence electrons. The monoisotopic (exact) mass is 1790 g/mol. The van der Waals surface area contributed by atoms with Gasteiger partial charge in [-0.05, 0) is 242 Å². The molecule has 3 aliphatic rings. The van der Waals surface area contributed by atoms with Crippen LogP contribution in [0.4, 0.5) is 18.9 Å². The van der Waals surface area contributed by atoms with Crippen LogP contribution in [-0.4, -0.2) is 116 Å². The Morgan fingerprint density at radius 2 is 1.01 bits per heavy atom. The van der Waals surface area contributed by atoms with E-state index in [1.165, 1.54) is 84.2 Å². The first-order valence-corrected chi connectivity index (χ1v) is 51.4. The summed E-state index contributed by atoms with van der Waals surface area (Å²) in [5, 5.41) is 12.8. The smallest absolute Gasteiger partial charge is 0.389 e. The van der Waals surface area contributed by atoms with Crippen molar-refractivity contribution in [3.8, 4) is 35.3 Å². The Morgan fingerprint density at radius 3 is 1.33 bits per heavy atom. The largest absolute Gasteiger partial charge is 0.493 e. The van der Waals surface area contributed by atoms with Gasteiger partial charge in [-0.2, -0.15) is 18.3 Å². The van der Waals surface area contributed by atoms with Gasteiger partial charge >= 0.3 is 6.18 Å². The zero-order valence-corrected chi connectivity index (χ0v) is 92.6. The molecule has 0 bridgehead atoms. The number of rotatable bonds is 25. The van der Waals surface area contributed by atoms with Crippen LogP contribution >= 0.6 is 0 Å². The molecule has 0 spiro atoms. The lowest BCUT2D eigenvalue weighted by Crippen LogP contribution is -2.18. The molecule has 1 saturated heterocycles. The van der Waals surface area contributed by atoms with Crippen molar-refractivity contribution in [2.24, 2.45) is 88.7 Å². The molecule has 10 nitrogen and oxygen atoms in total. The number of hydrogen-bond acceptors (Lipinski definition) is 9. The number of benzene rings is 2. The molecular formula is C112H206F3N3O7Si. The van der Waals surface area contributed by atoms with Gasteiger partial charge in [0.1, 0.15) is 8.07 Å². The molecule has 3 aromatic rings. The summed E-state index contributed by atoms with van der Waals surface area (Å²) in [4.78, 5) is 2.14. The number of terminal acetylenes is 1. The molecule has 1 N–H and O–H groups in total. The van der Waals surface area contributed by atoms with E-state index in [4.69, 9.17) is 40.0 Å². The maximum atomic E-state index is 11.6. The average Bonchev–Trinajstić information content (AvgIpc) is 1.58. The second-order valence-corrected chi connectivity index (χ2v) is 55.7. The fourth-order valence-corrected chi connectivity index (χ4v) is 14.4. The Bertz CT molecular complexity index is 3440. The van der Waals surface area contributed by atoms with Gasteiger partial charge in [-0.15, -0.1) is 23.8 Å². The first kappa shape index (κ1) is 128. The Morgan fingerprint density at radius 1 is 0.556 bits per heavy atom. The fourth-order valence-electron chi connectivity index (χ4n) is 13.7. The standard InChI is InChI=1S/C17H32N2O3.C14H22O2.2C14H26.C13H21N.C10H20Si.C9H18O.C8H18O.C7H12.C6H11F3/c1-15-14-18-19(16(15)2)7-9-21-11-13-22-12-10-20-8-6-17(3,4)5;1-14(2,3)9-8-11-6-7-12(15-4)13(10-11)16-5;2*1-10(2)8-11-12(14(11,6)7)9-13(3,4)5;1-13(2,3)10-11-7-6-8-12(9-11)14(4)5;1-10(2,3)8-7-9-11(4,5)6;1-9(2,3)7-8-5-4-6-10-8;1-8(2,3)6-4-5-7-9;1-5-6-7(2,3)4;1-5(2,3)4-6(7,8)9/h14H,6-13H2,1-5H3;6-7,10H,8-9H2,1-5H3;2*8,11-12H,9H2,1-7H3;6-9H,10H2,1-5H3;8H2,1-6H3;8H,4-7H2,1-3H3;9H,4-7H2,1-3H3;1H,6H2,2-4H3;4H2,1-3H3. The minimum atomic E-state index is -4.02. The van der Waals surface area contributed by atoms with E-state index < -0.39 is 26.1 Å². The maximum absolute atomic E-state index is 11.6. The van der Waals surface area contributed by atoms with Gasteiger partial charge in [0.2, 0.25) is 0 Å². The fraction of sp³-hybridized carbons (Fsp3) is 0.795. The molecule has 5 unspecified atom stereocenters. The highest BCUT2D eigenvalue weighted by Gasteiger charge is 2.57. The van der Waals surface area contributed by atoms with E-state index in [1.54, 1.807) is 35.0 Å². The normalized spacial score (nSPS) is 17.1. The number of methoxy groups -OCH3 is 2. The number of ether oxygens (including phenoxy) is 6. The van der Waals surface area contributed by atoms with Crippen molar-refractivity contribution in [2.75, 3.05) is 86.1 Å². The second-order valence-electron chi connectivity index (χ2n) is 51.0. The minimum absolute atomic E-state index is 0.314. The molecule has 2 aliphatic carbocycles. The van der Waals surface area contributed by atoms with E-state index in [-0.39, 0.29) is 0 Å². The first-order chi connectivity index (χ1) is 56.6. The van der Waals surface area contributed by atoms with Crippen LogP contribution < -0.4 is 14.4 Å². The summed E-state index contributed by atoms with van der Waals surface area (Å²) in [6.07, 6.45) is 23.9. The number of anilines is 1. The lowest BCUT2D eigenvalue weighted by atomic mass is 9.87. The highest BCUT2D eigenvalue weighted by molar-refractivity contribution is 6.83. The van der Waals surface area contributed by atoms with E-state index in [0.29, 0.717) is 105 Å². The molecule has 1 aromatic heterocycles. The van der Waals surface area contributed by atoms with Crippen molar-refractivity contribution in [2.45, 2.75) is 412 Å². The van der Waals surface area contributed by atoms with E-state index in [9.17, 15) is 13.2 Å². The zero-order valence-electron chi connectivity index (χ0n) is 91.6. The van der Waals surface area contributed by atoms with Crippen molar-refractivity contribution in [1.82, 2.24) is 9.78 Å². The molecule has 6 rings (SSSR count). The van der Waals surface area contributed by atoms with Gasteiger partial charge in [0, 0.05) is 64.6 Å². The number of unbranched alkanes of at least 4 members (excludes halogenated alkanes) is 1. The molecule has 14 heteroatoms. The van der Waals surface area contributed by atoms with Gasteiger partial charge in [-0.3, -0.25) is 4.68 Å². The quantitative estimate of drug-likeness (QED) is 0.0385. The molecule has 0 amide bonds. The van der Waals surface area contributed by atoms with E-state index in [2.05, 4.69) is 366 Å². The third-order valence-corrected chi connectivity index (χ3v) is 21.8. The number of alkyl halides is 3. The predicted octanol–water partition coefficient (Wildman–Crippen LogP) is 32.5. The summed E-state index contributed by atoms with van der Waals surface area (Å²) in [5.74, 6) is 10.9. The van der Waals surface area contributed by atoms with Gasteiger partial charge in [-0.1, -0.05) is 303 Å². The van der Waals surface area contributed by atoms with Gasteiger partial charge in [0.25, 0.3) is 0 Å². The number of hydrogen-bond donors (Lipinski definition) is 1. The number of halogens is 3. The topological polar surface area (TPSA) is 96.7 Å². The Hall–Kier alpha value is -4.54. The van der Waals surface area contributed by atoms with E-state index in [0.717, 1.165) is 99.9 Å². The number of aliphatic hydroxyl groups excluding tert-OH is 1. The third kappa shape index (κ3) is 77.1. The predicted molar refractivity (Wildman–Crippen MR) is 550 cm³/mol. The zero-order chi connectivity index (χ0) is 99.4. The van der Waals surface area contributed by atoms with Crippen molar-refractivity contribution in [3.05, 3.63) is 94.3 Å². The van der Waals surface area contributed by atoms with Crippen molar-refractivity contribution in [3.63, 3.8) is 0 Å². The van der Waals surface area contributed by atoms with Crippen LogP contribution in [0.1, 0.15) is 369 Å². The number of allylic oxidation sites excluding steroid dienone is 4. The van der Waals surface area contributed by atoms with Gasteiger partial charge < -0.3 is 38.4 Å². The summed E-state index contributed by atoms with van der Waals surface area (Å²) in [6.45, 7) is 101. The lowest BCUT2D eigenvalue weighted by Gasteiger charge is -2.21. The molecule has 126 heavy (non-hydrogen) atoms. The van der Waals surface area contributed by atoms with Crippen molar-refractivity contribution in [1.29, 1.82) is 0 Å². The summed E-state index contributed by atoms with van der Waals surface area (Å²) < 4.78 is 69.2. The molecule has 3 fully saturated rings. The minimum Gasteiger partial charge on any atom is -0.493 e. The van der Waals surface area contributed by atoms with E-state index >= 15 is 0 Å². The van der Waals surface area contributed by atoms with E-state index in [1.807, 2.05) is 16.9 Å². The number of aryl methyl sites for hydroxylation is 2. The summed E-state index contributed by atoms with van der Waals surface area (Å²) in [6, 6.07) is 14.9. The molecule has 0 radical (unpaired) electrons. The molecule has 2 heterocycles. The number of aromatic nitrogens is 2. The third-order valence-electron chi connectivity index (χ3n) is 20.9. The van der Waals surface area contributed by atoms with Crippen LogP contribution in [0.2, 0.25) is 19.6 Å². The van der Waals surface area contributed by atoms with Crippen molar-refractivity contribution < 1.29 is 46.7 Å². The number of nitrogens with zero attached hydrogens (tertiary/aromatic N) is 3. The van der Waals surface area contributed by atoms with Crippen LogP contribution in [0.5, 0.6) is 11.5 Å². The van der Waals surface area contributed by atoms with Gasteiger partial charge in [0.15, 0.2) is 11.5 Å².